The van der Waals surface area contributed by atoms with E-state index in [0.717, 1.165) is 104 Å². The Bertz CT molecular complexity index is 866. The lowest BCUT2D eigenvalue weighted by molar-refractivity contribution is 0.577. The molecule has 0 aromatic heterocycles. The van der Waals surface area contributed by atoms with Crippen molar-refractivity contribution in [3.05, 3.63) is 59.2 Å². The van der Waals surface area contributed by atoms with Gasteiger partial charge in [0, 0.05) is 13.1 Å². The lowest BCUT2D eigenvalue weighted by Crippen LogP contribution is -2.23. The number of rotatable bonds is 28. The predicted molar refractivity (Wildman–Crippen MR) is 183 cm³/mol. The highest BCUT2D eigenvalue weighted by atomic mass is 14.9. The van der Waals surface area contributed by atoms with E-state index >= 15 is 0 Å². The Kier molecular flexibility index (Phi) is 22.2. The molecule has 0 radical (unpaired) electrons. The summed E-state index contributed by atoms with van der Waals surface area (Å²) in [6.07, 6.45) is 14.3. The Morgan fingerprint density at radius 3 is 1.67 bits per heavy atom. The predicted octanol–water partition coefficient (Wildman–Crippen LogP) is 4.42. The SMILES string of the molecule is NCCCCCCCNCc1cc(CCCCCNCCCN)cc(-c2cccc(CNCCCNCCCN)c2)c1. The number of benzene rings is 2. The molecule has 42 heavy (non-hydrogen) atoms. The molecule has 2 rings (SSSR count). The fraction of sp³-hybridized carbons (Fsp3) is 0.657. The van der Waals surface area contributed by atoms with Gasteiger partial charge in [0.1, 0.15) is 0 Å². The van der Waals surface area contributed by atoms with Gasteiger partial charge in [0.05, 0.1) is 0 Å². The molecule has 0 saturated heterocycles. The van der Waals surface area contributed by atoms with Crippen molar-refractivity contribution in [2.75, 3.05) is 58.9 Å². The van der Waals surface area contributed by atoms with Crippen molar-refractivity contribution >= 4 is 0 Å². The molecule has 2 aromatic carbocycles. The van der Waals surface area contributed by atoms with Crippen LogP contribution in [0, 0.1) is 0 Å². The topological polar surface area (TPSA) is 126 Å². The molecule has 0 bridgehead atoms. The third kappa shape index (κ3) is 18.0. The van der Waals surface area contributed by atoms with Crippen molar-refractivity contribution in [1.82, 2.24) is 21.3 Å². The van der Waals surface area contributed by atoms with Gasteiger partial charge in [-0.05, 0) is 150 Å². The monoisotopic (exact) mass is 582 g/mol. The van der Waals surface area contributed by atoms with Gasteiger partial charge >= 0.3 is 0 Å². The van der Waals surface area contributed by atoms with Gasteiger partial charge in [-0.2, -0.15) is 0 Å². The van der Waals surface area contributed by atoms with E-state index in [-0.39, 0.29) is 0 Å². The van der Waals surface area contributed by atoms with E-state index in [2.05, 4.69) is 63.7 Å². The van der Waals surface area contributed by atoms with Crippen molar-refractivity contribution in [3.8, 4) is 11.1 Å². The van der Waals surface area contributed by atoms with Gasteiger partial charge in [-0.1, -0.05) is 56.0 Å². The van der Waals surface area contributed by atoms with Gasteiger partial charge in [0.2, 0.25) is 0 Å². The third-order valence-corrected chi connectivity index (χ3v) is 7.67. The van der Waals surface area contributed by atoms with E-state index in [1.54, 1.807) is 0 Å². The van der Waals surface area contributed by atoms with Crippen LogP contribution in [-0.4, -0.2) is 58.9 Å². The van der Waals surface area contributed by atoms with Gasteiger partial charge in [-0.15, -0.1) is 0 Å². The summed E-state index contributed by atoms with van der Waals surface area (Å²) in [5, 5.41) is 14.3. The van der Waals surface area contributed by atoms with Gasteiger partial charge in [-0.25, -0.2) is 0 Å². The molecule has 0 fully saturated rings. The molecule has 7 heteroatoms. The van der Waals surface area contributed by atoms with Crippen molar-refractivity contribution < 1.29 is 0 Å². The second kappa shape index (κ2) is 25.6. The first kappa shape index (κ1) is 36.4. The molecule has 0 aliphatic heterocycles. The molecule has 2 aromatic rings. The molecule has 7 nitrogen and oxygen atoms in total. The van der Waals surface area contributed by atoms with Crippen LogP contribution in [-0.2, 0) is 19.5 Å². The van der Waals surface area contributed by atoms with E-state index in [1.165, 1.54) is 72.8 Å². The summed E-state index contributed by atoms with van der Waals surface area (Å²) in [4.78, 5) is 0. The Labute approximate surface area is 257 Å². The van der Waals surface area contributed by atoms with Crippen LogP contribution < -0.4 is 38.5 Å². The molecule has 0 spiro atoms. The summed E-state index contributed by atoms with van der Waals surface area (Å²) < 4.78 is 0. The van der Waals surface area contributed by atoms with Crippen LogP contribution in [0.15, 0.2) is 42.5 Å². The minimum absolute atomic E-state index is 0.756. The molecule has 0 unspecified atom stereocenters. The van der Waals surface area contributed by atoms with Crippen LogP contribution in [0.2, 0.25) is 0 Å². The van der Waals surface area contributed by atoms with Gasteiger partial charge in [-0.3, -0.25) is 0 Å². The van der Waals surface area contributed by atoms with E-state index in [9.17, 15) is 0 Å². The van der Waals surface area contributed by atoms with E-state index in [1.807, 2.05) is 0 Å². The smallest absolute Gasteiger partial charge is 0.0205 e. The van der Waals surface area contributed by atoms with Crippen LogP contribution in [0.3, 0.4) is 0 Å². The minimum atomic E-state index is 0.756. The Morgan fingerprint density at radius 1 is 0.405 bits per heavy atom. The molecular formula is C35H63N7. The molecule has 0 amide bonds. The summed E-state index contributed by atoms with van der Waals surface area (Å²) in [6, 6.07) is 16.3. The highest BCUT2D eigenvalue weighted by Gasteiger charge is 2.06. The zero-order valence-electron chi connectivity index (χ0n) is 26.5. The lowest BCUT2D eigenvalue weighted by Gasteiger charge is -2.13. The molecule has 10 N–H and O–H groups in total. The first-order valence-electron chi connectivity index (χ1n) is 16.9. The van der Waals surface area contributed by atoms with Crippen LogP contribution in [0.1, 0.15) is 87.3 Å². The first-order valence-corrected chi connectivity index (χ1v) is 16.9. The summed E-state index contributed by atoms with van der Waals surface area (Å²) in [6.45, 7) is 10.4. The van der Waals surface area contributed by atoms with Gasteiger partial charge in [0.25, 0.3) is 0 Å². The molecular weight excluding hydrogens is 518 g/mol. The molecule has 0 atom stereocenters. The highest BCUT2D eigenvalue weighted by Crippen LogP contribution is 2.25. The second-order valence-corrected chi connectivity index (χ2v) is 11.6. The van der Waals surface area contributed by atoms with Crippen LogP contribution in [0.5, 0.6) is 0 Å². The second-order valence-electron chi connectivity index (χ2n) is 11.6. The van der Waals surface area contributed by atoms with Crippen LogP contribution >= 0.6 is 0 Å². The Hall–Kier alpha value is -1.84. The van der Waals surface area contributed by atoms with Crippen molar-refractivity contribution in [2.45, 2.75) is 90.1 Å². The Balaban J connectivity index is 1.91. The quantitative estimate of drug-likeness (QED) is 0.0742. The standard InChI is InChI=1S/C35H63N7/c36-16-6-2-1-3-7-20-41-30-33-25-31(13-5-4-8-19-39-21-10-17-37)26-35(28-33)34-15-9-14-32(27-34)29-42-24-12-23-40-22-11-18-38/h9,14-15,25-28,39-42H,1-8,10-13,16-24,29-30,36-38H2. The minimum Gasteiger partial charge on any atom is -0.330 e. The zero-order chi connectivity index (χ0) is 29.9. The lowest BCUT2D eigenvalue weighted by atomic mass is 9.96. The maximum atomic E-state index is 5.62. The fourth-order valence-electron chi connectivity index (χ4n) is 5.23. The average Bonchev–Trinajstić information content (AvgIpc) is 3.01. The molecule has 0 aliphatic rings. The summed E-state index contributed by atoms with van der Waals surface area (Å²) in [5.74, 6) is 0. The molecule has 0 aliphatic carbocycles. The zero-order valence-corrected chi connectivity index (χ0v) is 26.5. The largest absolute Gasteiger partial charge is 0.330 e. The fourth-order valence-corrected chi connectivity index (χ4v) is 5.23. The normalized spacial score (nSPS) is 11.4. The number of nitrogens with one attached hydrogen (secondary N) is 4. The summed E-state index contributed by atoms with van der Waals surface area (Å²) >= 11 is 0. The first-order chi connectivity index (χ1) is 20.8. The maximum absolute atomic E-state index is 5.62. The number of aryl methyl sites for hydroxylation is 1. The number of hydrogen-bond acceptors (Lipinski definition) is 7. The van der Waals surface area contributed by atoms with Crippen molar-refractivity contribution in [3.63, 3.8) is 0 Å². The summed E-state index contributed by atoms with van der Waals surface area (Å²) in [5.41, 5.74) is 23.6. The van der Waals surface area contributed by atoms with E-state index < -0.39 is 0 Å². The molecule has 0 saturated carbocycles. The van der Waals surface area contributed by atoms with Crippen molar-refractivity contribution in [2.24, 2.45) is 17.2 Å². The number of hydrogen-bond donors (Lipinski definition) is 7. The maximum Gasteiger partial charge on any atom is 0.0205 e. The average molecular weight is 582 g/mol. The summed E-state index contributed by atoms with van der Waals surface area (Å²) in [7, 11) is 0. The van der Waals surface area contributed by atoms with E-state index in [4.69, 9.17) is 17.2 Å². The van der Waals surface area contributed by atoms with Gasteiger partial charge in [0.15, 0.2) is 0 Å². The number of unbranched alkanes of at least 4 members (excludes halogenated alkanes) is 6. The highest BCUT2D eigenvalue weighted by molar-refractivity contribution is 5.66. The number of nitrogens with two attached hydrogens (primary N) is 3. The van der Waals surface area contributed by atoms with E-state index in [0.29, 0.717) is 0 Å². The molecule has 0 heterocycles. The Morgan fingerprint density at radius 2 is 0.929 bits per heavy atom. The van der Waals surface area contributed by atoms with Gasteiger partial charge < -0.3 is 38.5 Å². The van der Waals surface area contributed by atoms with Crippen LogP contribution in [0.4, 0.5) is 0 Å². The van der Waals surface area contributed by atoms with Crippen LogP contribution in [0.25, 0.3) is 11.1 Å². The third-order valence-electron chi connectivity index (χ3n) is 7.67. The molecule has 238 valence electrons. The van der Waals surface area contributed by atoms with Crippen molar-refractivity contribution in [1.29, 1.82) is 0 Å².